The molecule has 2 aliphatic rings. The number of hydrogen-bond donors (Lipinski definition) is 0. The van der Waals surface area contributed by atoms with Crippen LogP contribution in [-0.2, 0) is 12.0 Å². The zero-order valence-corrected chi connectivity index (χ0v) is 16.7. The van der Waals surface area contributed by atoms with E-state index in [1.807, 2.05) is 48.5 Å². The normalized spacial score (nSPS) is 20.8. The summed E-state index contributed by atoms with van der Waals surface area (Å²) < 4.78 is 0. The van der Waals surface area contributed by atoms with Gasteiger partial charge in [-0.15, -0.1) is 11.3 Å². The predicted molar refractivity (Wildman–Crippen MR) is 111 cm³/mol. The fourth-order valence-electron chi connectivity index (χ4n) is 4.51. The number of rotatable bonds is 3. The Morgan fingerprint density at radius 3 is 2.86 bits per heavy atom. The quantitative estimate of drug-likeness (QED) is 0.685. The van der Waals surface area contributed by atoms with Crippen LogP contribution in [0, 0.1) is 6.92 Å². The number of anilines is 1. The van der Waals surface area contributed by atoms with E-state index in [0.29, 0.717) is 0 Å². The molecule has 1 amide bonds. The maximum absolute atomic E-state index is 13.0. The highest BCUT2D eigenvalue weighted by molar-refractivity contribution is 7.13. The van der Waals surface area contributed by atoms with Crippen LogP contribution in [0.1, 0.15) is 32.2 Å². The van der Waals surface area contributed by atoms with Crippen molar-refractivity contribution in [2.45, 2.75) is 25.3 Å². The average molecular weight is 391 g/mol. The van der Waals surface area contributed by atoms with Gasteiger partial charge in [0.05, 0.1) is 21.7 Å². The molecule has 1 fully saturated rings. The predicted octanol–water partition coefficient (Wildman–Crippen LogP) is 3.65. The Labute approximate surface area is 168 Å². The van der Waals surface area contributed by atoms with E-state index in [1.165, 1.54) is 16.1 Å². The van der Waals surface area contributed by atoms with Crippen molar-refractivity contribution in [1.82, 2.24) is 14.9 Å². The Balaban J connectivity index is 1.42. The van der Waals surface area contributed by atoms with Gasteiger partial charge in [0.2, 0.25) is 0 Å². The fraction of sp³-hybridized carbons (Fsp3) is 0.318. The van der Waals surface area contributed by atoms with E-state index in [1.54, 1.807) is 17.5 Å². The maximum Gasteiger partial charge on any atom is 0.263 e. The summed E-state index contributed by atoms with van der Waals surface area (Å²) in [5.74, 6) is 0.151. The molecular formula is C22H22N4OS. The molecule has 3 aromatic rings. The van der Waals surface area contributed by atoms with Crippen LogP contribution in [0.5, 0.6) is 0 Å². The van der Waals surface area contributed by atoms with Crippen molar-refractivity contribution >= 4 is 22.9 Å². The lowest BCUT2D eigenvalue weighted by Crippen LogP contribution is -2.38. The van der Waals surface area contributed by atoms with Gasteiger partial charge in [-0.2, -0.15) is 0 Å². The van der Waals surface area contributed by atoms with Crippen molar-refractivity contribution in [3.8, 4) is 0 Å². The van der Waals surface area contributed by atoms with E-state index in [-0.39, 0.29) is 11.3 Å². The third-order valence-electron chi connectivity index (χ3n) is 5.81. The number of nitrogens with zero attached hydrogens (tertiary/aromatic N) is 4. The molecule has 0 bridgehead atoms. The molecule has 142 valence electrons. The molecule has 1 spiro atoms. The van der Waals surface area contributed by atoms with E-state index in [2.05, 4.69) is 22.0 Å². The van der Waals surface area contributed by atoms with Crippen molar-refractivity contribution in [3.05, 3.63) is 76.0 Å². The molecule has 1 unspecified atom stereocenters. The molecule has 0 N–H and O–H groups in total. The second-order valence-electron chi connectivity index (χ2n) is 7.76. The van der Waals surface area contributed by atoms with Crippen molar-refractivity contribution in [3.63, 3.8) is 0 Å². The van der Waals surface area contributed by atoms with Gasteiger partial charge >= 0.3 is 0 Å². The summed E-state index contributed by atoms with van der Waals surface area (Å²) in [4.78, 5) is 28.4. The first-order valence-corrected chi connectivity index (χ1v) is 10.4. The third kappa shape index (κ3) is 2.88. The topological polar surface area (TPSA) is 49.3 Å². The number of aryl methyl sites for hydroxylation is 1. The van der Waals surface area contributed by atoms with E-state index >= 15 is 0 Å². The molecule has 5 rings (SSSR count). The van der Waals surface area contributed by atoms with E-state index < -0.39 is 0 Å². The summed E-state index contributed by atoms with van der Waals surface area (Å²) >= 11 is 1.58. The molecule has 1 atom stereocenters. The van der Waals surface area contributed by atoms with E-state index in [9.17, 15) is 4.79 Å². The van der Waals surface area contributed by atoms with Crippen molar-refractivity contribution in [2.24, 2.45) is 0 Å². The molecule has 0 aromatic carbocycles. The van der Waals surface area contributed by atoms with Gasteiger partial charge in [0.1, 0.15) is 0 Å². The van der Waals surface area contributed by atoms with Crippen LogP contribution < -0.4 is 4.90 Å². The minimum absolute atomic E-state index is 0.0826. The molecule has 3 aromatic heterocycles. The number of pyridine rings is 2. The van der Waals surface area contributed by atoms with Gasteiger partial charge in [-0.25, -0.2) is 0 Å². The van der Waals surface area contributed by atoms with Gasteiger partial charge < -0.3 is 9.80 Å². The molecule has 0 radical (unpaired) electrons. The highest BCUT2D eigenvalue weighted by atomic mass is 32.1. The van der Waals surface area contributed by atoms with Crippen LogP contribution in [0.2, 0.25) is 0 Å². The smallest absolute Gasteiger partial charge is 0.263 e. The van der Waals surface area contributed by atoms with Crippen LogP contribution in [0.25, 0.3) is 0 Å². The average Bonchev–Trinajstić information content (AvgIpc) is 3.42. The van der Waals surface area contributed by atoms with Gasteiger partial charge in [0.15, 0.2) is 0 Å². The van der Waals surface area contributed by atoms with Gasteiger partial charge in [0.25, 0.3) is 5.91 Å². The lowest BCUT2D eigenvalue weighted by Gasteiger charge is -2.25. The second-order valence-corrected chi connectivity index (χ2v) is 9.04. The largest absolute Gasteiger partial charge is 0.365 e. The summed E-state index contributed by atoms with van der Waals surface area (Å²) in [6.45, 7) is 5.26. The van der Waals surface area contributed by atoms with Crippen LogP contribution in [0.15, 0.2) is 55.0 Å². The number of hydrogen-bond acceptors (Lipinski definition) is 5. The number of carbonyl (C=O) groups excluding carboxylic acids is 1. The second kappa shape index (κ2) is 6.71. The standard InChI is InChI=1S/C22H22N4OS/c1-16-6-7-19(28-16)21(27)25-11-8-22(14-25)15-26(13-17-4-2-9-23-12-17)18-5-3-10-24-20(18)22/h2-7,9-10,12H,8,11,13-15H2,1H3. The SMILES string of the molecule is Cc1ccc(C(=O)N2CCC3(C2)CN(Cc2cccnc2)c2cccnc23)s1. The number of amides is 1. The Morgan fingerprint density at radius 1 is 1.18 bits per heavy atom. The molecule has 1 saturated heterocycles. The Kier molecular flexibility index (Phi) is 4.16. The third-order valence-corrected chi connectivity index (χ3v) is 6.80. The Bertz CT molecular complexity index is 1020. The minimum atomic E-state index is -0.0826. The van der Waals surface area contributed by atoms with Crippen molar-refractivity contribution in [1.29, 1.82) is 0 Å². The van der Waals surface area contributed by atoms with Crippen LogP contribution in [-0.4, -0.2) is 40.4 Å². The van der Waals surface area contributed by atoms with E-state index in [0.717, 1.165) is 43.2 Å². The van der Waals surface area contributed by atoms with Gasteiger partial charge in [-0.1, -0.05) is 6.07 Å². The van der Waals surface area contributed by atoms with Crippen LogP contribution in [0.3, 0.4) is 0 Å². The highest BCUT2D eigenvalue weighted by Gasteiger charge is 2.49. The molecule has 6 heteroatoms. The Morgan fingerprint density at radius 2 is 2.07 bits per heavy atom. The summed E-state index contributed by atoms with van der Waals surface area (Å²) in [5.41, 5.74) is 3.43. The summed E-state index contributed by atoms with van der Waals surface area (Å²) in [5, 5.41) is 0. The zero-order chi connectivity index (χ0) is 19.1. The first-order valence-electron chi connectivity index (χ1n) is 9.60. The lowest BCUT2D eigenvalue weighted by molar-refractivity contribution is 0.0789. The summed E-state index contributed by atoms with van der Waals surface area (Å²) in [6, 6.07) is 12.2. The molecule has 2 aliphatic heterocycles. The van der Waals surface area contributed by atoms with Gasteiger partial charge in [-0.3, -0.25) is 14.8 Å². The van der Waals surface area contributed by atoms with Crippen molar-refractivity contribution in [2.75, 3.05) is 24.5 Å². The monoisotopic (exact) mass is 390 g/mol. The minimum Gasteiger partial charge on any atom is -0.365 e. The molecule has 28 heavy (non-hydrogen) atoms. The number of thiophene rings is 1. The summed E-state index contributed by atoms with van der Waals surface area (Å²) in [7, 11) is 0. The number of aromatic nitrogens is 2. The Hall–Kier alpha value is -2.73. The number of carbonyl (C=O) groups is 1. The number of likely N-dealkylation sites (tertiary alicyclic amines) is 1. The lowest BCUT2D eigenvalue weighted by atomic mass is 9.85. The zero-order valence-electron chi connectivity index (χ0n) is 15.8. The fourth-order valence-corrected chi connectivity index (χ4v) is 5.35. The summed E-state index contributed by atoms with van der Waals surface area (Å²) in [6.07, 6.45) is 6.56. The van der Waals surface area contributed by atoms with E-state index in [4.69, 9.17) is 4.98 Å². The molecular weight excluding hydrogens is 368 g/mol. The molecule has 0 saturated carbocycles. The van der Waals surface area contributed by atoms with Gasteiger partial charge in [0, 0.05) is 49.6 Å². The van der Waals surface area contributed by atoms with Crippen LogP contribution >= 0.6 is 11.3 Å². The molecule has 5 heterocycles. The molecule has 0 aliphatic carbocycles. The first-order chi connectivity index (χ1) is 13.6. The maximum atomic E-state index is 13.0. The highest BCUT2D eigenvalue weighted by Crippen LogP contribution is 2.45. The first kappa shape index (κ1) is 17.4. The molecule has 5 nitrogen and oxygen atoms in total. The van der Waals surface area contributed by atoms with Crippen molar-refractivity contribution < 1.29 is 4.79 Å². The van der Waals surface area contributed by atoms with Gasteiger partial charge in [-0.05, 0) is 49.2 Å². The number of fused-ring (bicyclic) bond motifs is 2. The van der Waals surface area contributed by atoms with Crippen LogP contribution in [0.4, 0.5) is 5.69 Å².